The molecule has 2 heterocycles. The van der Waals surface area contributed by atoms with Gasteiger partial charge in [-0.05, 0) is 24.3 Å². The van der Waals surface area contributed by atoms with Crippen LogP contribution >= 0.6 is 11.6 Å². The van der Waals surface area contributed by atoms with E-state index >= 15 is 0 Å². The molecule has 1 aromatic carbocycles. The highest BCUT2D eigenvalue weighted by Gasteiger charge is 2.27. The first-order valence-electron chi connectivity index (χ1n) is 9.93. The highest BCUT2D eigenvalue weighted by molar-refractivity contribution is 7.89. The fraction of sp³-hybridized carbons (Fsp3) is 0.316. The van der Waals surface area contributed by atoms with Crippen LogP contribution in [0.2, 0.25) is 5.02 Å². The summed E-state index contributed by atoms with van der Waals surface area (Å²) < 4.78 is 41.4. The molecule has 1 saturated heterocycles. The largest absolute Gasteiger partial charge is 0.454 e. The number of esters is 1. The van der Waals surface area contributed by atoms with E-state index in [4.69, 9.17) is 25.5 Å². The van der Waals surface area contributed by atoms with Crippen LogP contribution in [0.25, 0.3) is 0 Å². The Bertz CT molecular complexity index is 1240. The van der Waals surface area contributed by atoms with Gasteiger partial charge in [-0.25, -0.2) is 8.42 Å². The molecule has 1 aromatic heterocycles. The summed E-state index contributed by atoms with van der Waals surface area (Å²) in [6.45, 7) is -0.481. The standard InChI is InChI=1S/C19H19ClN4O10S/c20-13-2-1-12(35(30,31)23-5-7-32-8-6-23)9-14(13)22-16(25)11-33-18(26)10-21-19(27)15-3-4-17(34-15)24(28)29/h1-4,9H,5-8,10-11H2,(H,21,27)(H,22,25). The second-order valence-electron chi connectivity index (χ2n) is 6.94. The highest BCUT2D eigenvalue weighted by Crippen LogP contribution is 2.27. The predicted molar refractivity (Wildman–Crippen MR) is 118 cm³/mol. The van der Waals surface area contributed by atoms with Crippen molar-refractivity contribution < 1.29 is 41.6 Å². The number of furan rings is 1. The number of carbonyl (C=O) groups excluding carboxylic acids is 3. The van der Waals surface area contributed by atoms with E-state index in [2.05, 4.69) is 10.6 Å². The fourth-order valence-corrected chi connectivity index (χ4v) is 4.47. The molecule has 0 saturated carbocycles. The zero-order chi connectivity index (χ0) is 25.6. The molecule has 16 heteroatoms. The van der Waals surface area contributed by atoms with Crippen LogP contribution in [0, 0.1) is 10.1 Å². The van der Waals surface area contributed by atoms with E-state index in [1.165, 1.54) is 22.5 Å². The normalized spacial score (nSPS) is 14.2. The number of rotatable bonds is 9. The van der Waals surface area contributed by atoms with Crippen molar-refractivity contribution in [2.75, 3.05) is 44.8 Å². The maximum Gasteiger partial charge on any atom is 0.433 e. The number of morpholine rings is 1. The maximum absolute atomic E-state index is 12.8. The SMILES string of the molecule is O=C(COC(=O)CNC(=O)c1ccc([N+](=O)[O-])o1)Nc1cc(S(=O)(=O)N2CCOCC2)ccc1Cl. The van der Waals surface area contributed by atoms with Crippen molar-refractivity contribution in [3.8, 4) is 0 Å². The number of ether oxygens (including phenoxy) is 2. The second kappa shape index (κ2) is 11.3. The van der Waals surface area contributed by atoms with Crippen molar-refractivity contribution in [1.82, 2.24) is 9.62 Å². The van der Waals surface area contributed by atoms with E-state index in [1.807, 2.05) is 0 Å². The molecule has 0 radical (unpaired) electrons. The van der Waals surface area contributed by atoms with Crippen LogP contribution in [-0.4, -0.2) is 74.9 Å². The summed E-state index contributed by atoms with van der Waals surface area (Å²) in [5.41, 5.74) is -0.00485. The topological polar surface area (TPSA) is 187 Å². The Morgan fingerprint density at radius 1 is 1.17 bits per heavy atom. The Morgan fingerprint density at radius 3 is 2.54 bits per heavy atom. The summed E-state index contributed by atoms with van der Waals surface area (Å²) >= 11 is 6.05. The van der Waals surface area contributed by atoms with Gasteiger partial charge in [0, 0.05) is 13.1 Å². The summed E-state index contributed by atoms with van der Waals surface area (Å²) in [5, 5.41) is 15.1. The summed E-state index contributed by atoms with van der Waals surface area (Å²) in [6.07, 6.45) is 0. The van der Waals surface area contributed by atoms with Gasteiger partial charge in [-0.3, -0.25) is 24.5 Å². The van der Waals surface area contributed by atoms with Gasteiger partial charge in [0.2, 0.25) is 10.0 Å². The number of sulfonamides is 1. The van der Waals surface area contributed by atoms with Crippen molar-refractivity contribution in [2.45, 2.75) is 4.90 Å². The highest BCUT2D eigenvalue weighted by atomic mass is 35.5. The molecule has 0 spiro atoms. The lowest BCUT2D eigenvalue weighted by atomic mass is 10.3. The summed E-state index contributed by atoms with van der Waals surface area (Å²) in [6, 6.07) is 5.84. The molecule has 3 rings (SSSR count). The lowest BCUT2D eigenvalue weighted by Crippen LogP contribution is -2.40. The summed E-state index contributed by atoms with van der Waals surface area (Å²) in [4.78, 5) is 45.5. The molecule has 35 heavy (non-hydrogen) atoms. The molecule has 1 fully saturated rings. The Balaban J connectivity index is 1.51. The summed E-state index contributed by atoms with van der Waals surface area (Å²) in [7, 11) is -3.83. The molecular formula is C19H19ClN4O10S. The second-order valence-corrected chi connectivity index (χ2v) is 9.29. The monoisotopic (exact) mass is 530 g/mol. The Labute approximate surface area is 203 Å². The van der Waals surface area contributed by atoms with Gasteiger partial charge in [0.15, 0.2) is 12.4 Å². The number of nitro groups is 1. The van der Waals surface area contributed by atoms with E-state index in [0.717, 1.165) is 12.1 Å². The number of nitrogens with zero attached hydrogens (tertiary/aromatic N) is 2. The Kier molecular flexibility index (Phi) is 8.39. The first-order chi connectivity index (χ1) is 16.6. The Morgan fingerprint density at radius 2 is 1.89 bits per heavy atom. The average molecular weight is 531 g/mol. The average Bonchev–Trinajstić information content (AvgIpc) is 3.34. The molecule has 188 valence electrons. The quantitative estimate of drug-likeness (QED) is 0.266. The third kappa shape index (κ3) is 6.75. The number of benzene rings is 1. The Hall–Kier alpha value is -3.53. The van der Waals surface area contributed by atoms with Gasteiger partial charge in [-0.1, -0.05) is 11.6 Å². The third-order valence-electron chi connectivity index (χ3n) is 4.57. The number of nitrogens with one attached hydrogen (secondary N) is 2. The maximum atomic E-state index is 12.8. The van der Waals surface area contributed by atoms with Crippen molar-refractivity contribution in [3.05, 3.63) is 51.2 Å². The molecule has 14 nitrogen and oxygen atoms in total. The number of anilines is 1. The molecule has 1 aliphatic rings. The molecule has 0 aliphatic carbocycles. The zero-order valence-corrected chi connectivity index (χ0v) is 19.5. The predicted octanol–water partition coefficient (Wildman–Crippen LogP) is 0.774. The molecule has 2 N–H and O–H groups in total. The van der Waals surface area contributed by atoms with Gasteiger partial charge in [0.1, 0.15) is 11.5 Å². The first-order valence-corrected chi connectivity index (χ1v) is 11.7. The van der Waals surface area contributed by atoms with Gasteiger partial charge in [-0.2, -0.15) is 4.31 Å². The number of halogens is 1. The van der Waals surface area contributed by atoms with E-state index in [9.17, 15) is 32.9 Å². The number of hydrogen-bond acceptors (Lipinski definition) is 10. The lowest BCUT2D eigenvalue weighted by Gasteiger charge is -2.26. The van der Waals surface area contributed by atoms with Gasteiger partial charge in [0.05, 0.1) is 34.9 Å². The van der Waals surface area contributed by atoms with Crippen LogP contribution in [0.15, 0.2) is 39.6 Å². The van der Waals surface area contributed by atoms with Gasteiger partial charge < -0.3 is 24.5 Å². The molecule has 2 aromatic rings. The lowest BCUT2D eigenvalue weighted by molar-refractivity contribution is -0.402. The zero-order valence-electron chi connectivity index (χ0n) is 17.9. The minimum atomic E-state index is -3.83. The third-order valence-corrected chi connectivity index (χ3v) is 6.80. The molecule has 0 atom stereocenters. The van der Waals surface area contributed by atoms with E-state index in [1.54, 1.807) is 0 Å². The van der Waals surface area contributed by atoms with Crippen molar-refractivity contribution in [2.24, 2.45) is 0 Å². The van der Waals surface area contributed by atoms with Crippen LogP contribution in [0.1, 0.15) is 10.6 Å². The molecule has 2 amide bonds. The smallest absolute Gasteiger partial charge is 0.433 e. The minimum absolute atomic E-state index is 0.00485. The summed E-state index contributed by atoms with van der Waals surface area (Å²) in [5.74, 6) is -3.72. The fourth-order valence-electron chi connectivity index (χ4n) is 2.87. The van der Waals surface area contributed by atoms with Crippen molar-refractivity contribution >= 4 is 51.0 Å². The van der Waals surface area contributed by atoms with Gasteiger partial charge >= 0.3 is 11.9 Å². The molecule has 0 bridgehead atoms. The number of hydrogen-bond donors (Lipinski definition) is 2. The van der Waals surface area contributed by atoms with E-state index in [-0.39, 0.29) is 47.7 Å². The minimum Gasteiger partial charge on any atom is -0.454 e. The molecule has 0 unspecified atom stereocenters. The van der Waals surface area contributed by atoms with Gasteiger partial charge in [-0.15, -0.1) is 0 Å². The van der Waals surface area contributed by atoms with Crippen LogP contribution < -0.4 is 10.6 Å². The van der Waals surface area contributed by atoms with E-state index < -0.39 is 51.8 Å². The first kappa shape index (κ1) is 26.1. The van der Waals surface area contributed by atoms with Gasteiger partial charge in [0.25, 0.3) is 11.8 Å². The van der Waals surface area contributed by atoms with Crippen molar-refractivity contribution in [1.29, 1.82) is 0 Å². The van der Waals surface area contributed by atoms with Crippen LogP contribution in [0.4, 0.5) is 11.6 Å². The van der Waals surface area contributed by atoms with Crippen LogP contribution in [0.3, 0.4) is 0 Å². The molecular weight excluding hydrogens is 512 g/mol. The number of amides is 2. The van der Waals surface area contributed by atoms with E-state index in [0.29, 0.717) is 0 Å². The van der Waals surface area contributed by atoms with Crippen LogP contribution in [-0.2, 0) is 29.1 Å². The van der Waals surface area contributed by atoms with Crippen LogP contribution in [0.5, 0.6) is 0 Å². The molecule has 1 aliphatic heterocycles. The van der Waals surface area contributed by atoms with Crippen molar-refractivity contribution in [3.63, 3.8) is 0 Å². The number of carbonyl (C=O) groups is 3.